The van der Waals surface area contributed by atoms with Gasteiger partial charge in [0.25, 0.3) is 5.91 Å². The lowest BCUT2D eigenvalue weighted by molar-refractivity contribution is -0.124. The molecule has 0 spiro atoms. The zero-order valence-corrected chi connectivity index (χ0v) is 18.1. The van der Waals surface area contributed by atoms with Gasteiger partial charge in [-0.3, -0.25) is 4.79 Å². The van der Waals surface area contributed by atoms with E-state index in [2.05, 4.69) is 21.8 Å². The summed E-state index contributed by atoms with van der Waals surface area (Å²) in [6.07, 6.45) is 2.21. The molecule has 0 unspecified atom stereocenters. The van der Waals surface area contributed by atoms with Crippen molar-refractivity contribution in [1.82, 2.24) is 24.6 Å². The van der Waals surface area contributed by atoms with Gasteiger partial charge in [0.2, 0.25) is 0 Å². The van der Waals surface area contributed by atoms with Crippen molar-refractivity contribution in [3.63, 3.8) is 0 Å². The fraction of sp³-hybridized carbons (Fsp3) is 0.200. The molecule has 0 aliphatic carbocycles. The number of ether oxygens (including phenoxy) is 1. The first-order chi connectivity index (χ1) is 16.1. The molecule has 3 heterocycles. The van der Waals surface area contributed by atoms with Gasteiger partial charge in [-0.15, -0.1) is 0 Å². The number of para-hydroxylation sites is 1. The highest BCUT2D eigenvalue weighted by atomic mass is 16.5. The number of amides is 1. The number of rotatable bonds is 4. The first-order valence-electron chi connectivity index (χ1n) is 10.7. The lowest BCUT2D eigenvalue weighted by atomic mass is 10.1. The SMILES string of the molecule is CC#CC(=O)N1CC[C@@H](n2nc(-c3ccc(Oc4ccccc4)cc3)c3c(N)ncnc32)C1. The van der Waals surface area contributed by atoms with E-state index in [4.69, 9.17) is 15.6 Å². The fourth-order valence-corrected chi connectivity index (χ4v) is 4.07. The quantitative estimate of drug-likeness (QED) is 0.488. The van der Waals surface area contributed by atoms with Gasteiger partial charge in [0.15, 0.2) is 5.65 Å². The lowest BCUT2D eigenvalue weighted by Crippen LogP contribution is -2.28. The van der Waals surface area contributed by atoms with E-state index in [0.29, 0.717) is 35.6 Å². The van der Waals surface area contributed by atoms with E-state index in [0.717, 1.165) is 23.5 Å². The first kappa shape index (κ1) is 20.5. The van der Waals surface area contributed by atoms with Crippen molar-refractivity contribution in [3.05, 3.63) is 60.9 Å². The number of likely N-dealkylation sites (tertiary alicyclic amines) is 1. The highest BCUT2D eigenvalue weighted by Crippen LogP contribution is 2.34. The summed E-state index contributed by atoms with van der Waals surface area (Å²) in [6, 6.07) is 17.3. The Morgan fingerprint density at radius 2 is 1.85 bits per heavy atom. The maximum absolute atomic E-state index is 12.2. The summed E-state index contributed by atoms with van der Waals surface area (Å²) in [5.74, 6) is 6.97. The summed E-state index contributed by atoms with van der Waals surface area (Å²) in [5, 5.41) is 5.58. The standard InChI is InChI=1S/C25H22N6O2/c1-2-6-21(32)30-14-13-18(15-30)31-25-22(24(26)27-16-28-25)23(29-31)17-9-11-20(12-10-17)33-19-7-4-3-5-8-19/h3-5,7-12,16,18H,13-15H2,1H3,(H2,26,27,28)/t18-/m1/s1. The average molecular weight is 438 g/mol. The second kappa shape index (κ2) is 8.63. The van der Waals surface area contributed by atoms with Crippen LogP contribution in [0.1, 0.15) is 19.4 Å². The van der Waals surface area contributed by atoms with Crippen molar-refractivity contribution < 1.29 is 9.53 Å². The molecule has 33 heavy (non-hydrogen) atoms. The van der Waals surface area contributed by atoms with Gasteiger partial charge < -0.3 is 15.4 Å². The number of anilines is 1. The molecule has 2 aromatic carbocycles. The molecule has 0 bridgehead atoms. The number of hydrogen-bond donors (Lipinski definition) is 1. The van der Waals surface area contributed by atoms with E-state index in [1.54, 1.807) is 11.8 Å². The van der Waals surface area contributed by atoms with Gasteiger partial charge in [-0.2, -0.15) is 5.10 Å². The number of hydrogen-bond acceptors (Lipinski definition) is 6. The van der Waals surface area contributed by atoms with Crippen molar-refractivity contribution >= 4 is 22.8 Å². The van der Waals surface area contributed by atoms with Gasteiger partial charge in [0, 0.05) is 18.7 Å². The predicted molar refractivity (Wildman–Crippen MR) is 125 cm³/mol. The van der Waals surface area contributed by atoms with E-state index < -0.39 is 0 Å². The number of nitrogens with zero attached hydrogens (tertiary/aromatic N) is 5. The number of aromatic nitrogens is 4. The van der Waals surface area contributed by atoms with Crippen LogP contribution >= 0.6 is 0 Å². The molecule has 1 saturated heterocycles. The van der Waals surface area contributed by atoms with E-state index in [9.17, 15) is 4.79 Å². The first-order valence-corrected chi connectivity index (χ1v) is 10.7. The van der Waals surface area contributed by atoms with Crippen LogP contribution in [0.4, 0.5) is 5.82 Å². The molecule has 2 aromatic heterocycles. The van der Waals surface area contributed by atoms with Crippen LogP contribution in [-0.4, -0.2) is 43.6 Å². The molecule has 1 atom stereocenters. The van der Waals surface area contributed by atoms with Crippen LogP contribution in [0.25, 0.3) is 22.3 Å². The number of carbonyl (C=O) groups excluding carboxylic acids is 1. The van der Waals surface area contributed by atoms with Crippen LogP contribution in [-0.2, 0) is 4.79 Å². The van der Waals surface area contributed by atoms with Crippen LogP contribution in [0.2, 0.25) is 0 Å². The second-order valence-corrected chi connectivity index (χ2v) is 7.76. The summed E-state index contributed by atoms with van der Waals surface area (Å²) in [4.78, 5) is 22.6. The molecule has 164 valence electrons. The highest BCUT2D eigenvalue weighted by molar-refractivity contribution is 5.98. The molecular weight excluding hydrogens is 416 g/mol. The van der Waals surface area contributed by atoms with Gasteiger partial charge in [-0.1, -0.05) is 24.1 Å². The molecule has 5 rings (SSSR count). The minimum atomic E-state index is -0.167. The molecule has 0 radical (unpaired) electrons. The van der Waals surface area contributed by atoms with E-state index in [-0.39, 0.29) is 11.9 Å². The second-order valence-electron chi connectivity index (χ2n) is 7.76. The monoisotopic (exact) mass is 438 g/mol. The average Bonchev–Trinajstić information content (AvgIpc) is 3.47. The van der Waals surface area contributed by atoms with Crippen molar-refractivity contribution in [1.29, 1.82) is 0 Å². The molecule has 8 nitrogen and oxygen atoms in total. The Balaban J connectivity index is 1.48. The summed E-state index contributed by atoms with van der Waals surface area (Å²) in [6.45, 7) is 2.81. The van der Waals surface area contributed by atoms with Crippen LogP contribution in [0.15, 0.2) is 60.9 Å². The summed E-state index contributed by atoms with van der Waals surface area (Å²) < 4.78 is 7.76. The van der Waals surface area contributed by atoms with Gasteiger partial charge in [0.05, 0.1) is 11.4 Å². The lowest BCUT2D eigenvalue weighted by Gasteiger charge is -2.14. The topological polar surface area (TPSA) is 99.2 Å². The Labute approximate surface area is 191 Å². The molecule has 8 heteroatoms. The summed E-state index contributed by atoms with van der Waals surface area (Å²) >= 11 is 0. The molecule has 0 saturated carbocycles. The Morgan fingerprint density at radius 1 is 1.09 bits per heavy atom. The molecule has 1 aliphatic rings. The number of carbonyl (C=O) groups is 1. The molecule has 4 aromatic rings. The summed E-state index contributed by atoms with van der Waals surface area (Å²) in [5.41, 5.74) is 8.48. The molecule has 1 aliphatic heterocycles. The zero-order chi connectivity index (χ0) is 22.8. The molecular formula is C25H22N6O2. The Hall–Kier alpha value is -4.38. The number of benzene rings is 2. The van der Waals surface area contributed by atoms with Crippen molar-refractivity contribution in [3.8, 4) is 34.6 Å². The van der Waals surface area contributed by atoms with Gasteiger partial charge in [-0.05, 0) is 55.7 Å². The van der Waals surface area contributed by atoms with E-state index in [1.807, 2.05) is 59.3 Å². The van der Waals surface area contributed by atoms with Crippen LogP contribution < -0.4 is 10.5 Å². The van der Waals surface area contributed by atoms with Crippen molar-refractivity contribution in [2.75, 3.05) is 18.8 Å². The van der Waals surface area contributed by atoms with Gasteiger partial charge >= 0.3 is 0 Å². The Kier molecular flexibility index (Phi) is 5.37. The minimum absolute atomic E-state index is 0.0150. The van der Waals surface area contributed by atoms with Crippen LogP contribution in [0.3, 0.4) is 0 Å². The molecule has 1 amide bonds. The third kappa shape index (κ3) is 3.96. The maximum Gasteiger partial charge on any atom is 0.298 e. The minimum Gasteiger partial charge on any atom is -0.457 e. The summed E-state index contributed by atoms with van der Waals surface area (Å²) in [7, 11) is 0. The molecule has 1 fully saturated rings. The van der Waals surface area contributed by atoms with Crippen LogP contribution in [0.5, 0.6) is 11.5 Å². The Bertz CT molecular complexity index is 1370. The number of fused-ring (bicyclic) bond motifs is 1. The van der Waals surface area contributed by atoms with Gasteiger partial charge in [0.1, 0.15) is 29.3 Å². The smallest absolute Gasteiger partial charge is 0.298 e. The largest absolute Gasteiger partial charge is 0.457 e. The zero-order valence-electron chi connectivity index (χ0n) is 18.1. The third-order valence-electron chi connectivity index (χ3n) is 5.65. The van der Waals surface area contributed by atoms with E-state index >= 15 is 0 Å². The van der Waals surface area contributed by atoms with Gasteiger partial charge in [-0.25, -0.2) is 14.6 Å². The van der Waals surface area contributed by atoms with Crippen LogP contribution in [0, 0.1) is 11.8 Å². The van der Waals surface area contributed by atoms with Crippen molar-refractivity contribution in [2.24, 2.45) is 0 Å². The van der Waals surface area contributed by atoms with Crippen molar-refractivity contribution in [2.45, 2.75) is 19.4 Å². The van der Waals surface area contributed by atoms with E-state index in [1.165, 1.54) is 6.33 Å². The fourth-order valence-electron chi connectivity index (χ4n) is 4.07. The predicted octanol–water partition coefficient (Wildman–Crippen LogP) is 3.66. The Morgan fingerprint density at radius 3 is 2.61 bits per heavy atom. The maximum atomic E-state index is 12.2. The molecule has 2 N–H and O–H groups in total. The normalized spacial score (nSPS) is 15.3. The number of nitrogens with two attached hydrogens (primary N) is 1. The third-order valence-corrected chi connectivity index (χ3v) is 5.65. The highest BCUT2D eigenvalue weighted by Gasteiger charge is 2.30. The number of nitrogen functional groups attached to an aromatic ring is 1.